The number of hydrogen-bond donors (Lipinski definition) is 2. The number of unbranched alkanes of at least 4 members (excludes halogenated alkanes) is 2. The Hall–Kier alpha value is -2.76. The van der Waals surface area contributed by atoms with E-state index in [-0.39, 0.29) is 29.2 Å². The average molecular weight is 585 g/mol. The van der Waals surface area contributed by atoms with Gasteiger partial charge in [-0.05, 0) is 101 Å². The lowest BCUT2D eigenvalue weighted by Gasteiger charge is -2.14. The number of aryl methyl sites for hydroxylation is 2. The van der Waals surface area contributed by atoms with Gasteiger partial charge < -0.3 is 10.1 Å². The van der Waals surface area contributed by atoms with Crippen LogP contribution in [0.2, 0.25) is 5.02 Å². The van der Waals surface area contributed by atoms with Gasteiger partial charge in [0.1, 0.15) is 11.6 Å². The summed E-state index contributed by atoms with van der Waals surface area (Å²) >= 11 is 6.06. The highest BCUT2D eigenvalue weighted by atomic mass is 35.5. The van der Waals surface area contributed by atoms with Crippen LogP contribution >= 0.6 is 11.6 Å². The Bertz CT molecular complexity index is 1350. The molecular formula is C35H47ClF2N2O. The number of aliphatic hydroxyl groups excluding tert-OH is 1. The Labute approximate surface area is 250 Å². The molecule has 0 radical (unpaired) electrons. The van der Waals surface area contributed by atoms with Gasteiger partial charge in [0.25, 0.3) is 0 Å². The van der Waals surface area contributed by atoms with Crippen LogP contribution in [0.1, 0.15) is 109 Å². The molecule has 224 valence electrons. The summed E-state index contributed by atoms with van der Waals surface area (Å²) in [5.41, 5.74) is 7.75. The van der Waals surface area contributed by atoms with Crippen molar-refractivity contribution in [2.24, 2.45) is 4.99 Å². The summed E-state index contributed by atoms with van der Waals surface area (Å²) in [6.07, 6.45) is 8.89. The molecule has 3 aromatic rings. The van der Waals surface area contributed by atoms with Crippen molar-refractivity contribution in [2.45, 2.75) is 99.3 Å². The van der Waals surface area contributed by atoms with E-state index in [0.717, 1.165) is 67.2 Å². The first-order valence-corrected chi connectivity index (χ1v) is 15.2. The van der Waals surface area contributed by atoms with Crippen molar-refractivity contribution in [1.82, 2.24) is 4.98 Å². The standard InChI is InChI=1S/C24H29ClFNO.C11H18FN/c1-3-4-8-19-20-14-21(25)22(26)15-23(20)27-24(19)16(2)18-11-9-17(10-12-18)7-5-6-13-28;1-6-7-9(4)13-10(5)11(12)8(2)3/h9-12,14-16,27-28H,3-8,13H2,1-2H3;7H,6H2,1-5H3/b;9-7+,13-10?. The molecule has 1 unspecified atom stereocenters. The summed E-state index contributed by atoms with van der Waals surface area (Å²) in [5.74, 6) is -0.402. The van der Waals surface area contributed by atoms with E-state index in [2.05, 4.69) is 48.1 Å². The van der Waals surface area contributed by atoms with E-state index in [9.17, 15) is 8.78 Å². The molecule has 1 aromatic heterocycles. The van der Waals surface area contributed by atoms with E-state index in [0.29, 0.717) is 11.3 Å². The van der Waals surface area contributed by atoms with Gasteiger partial charge in [-0.3, -0.25) is 4.99 Å². The van der Waals surface area contributed by atoms with Crippen LogP contribution in [0.5, 0.6) is 0 Å². The molecule has 3 nitrogen and oxygen atoms in total. The van der Waals surface area contributed by atoms with Gasteiger partial charge in [-0.25, -0.2) is 8.78 Å². The molecule has 3 rings (SSSR count). The highest BCUT2D eigenvalue weighted by molar-refractivity contribution is 6.31. The fraction of sp³-hybridized carbons (Fsp3) is 0.457. The van der Waals surface area contributed by atoms with Gasteiger partial charge in [-0.1, -0.05) is 69.1 Å². The van der Waals surface area contributed by atoms with E-state index in [4.69, 9.17) is 16.7 Å². The number of aromatic amines is 1. The van der Waals surface area contributed by atoms with Gasteiger partial charge in [0.15, 0.2) is 0 Å². The molecule has 41 heavy (non-hydrogen) atoms. The Morgan fingerprint density at radius 1 is 1.02 bits per heavy atom. The molecule has 2 N–H and O–H groups in total. The summed E-state index contributed by atoms with van der Waals surface area (Å²) in [5, 5.41) is 10.1. The largest absolute Gasteiger partial charge is 0.396 e. The third-order valence-electron chi connectivity index (χ3n) is 7.15. The lowest BCUT2D eigenvalue weighted by atomic mass is 9.91. The average Bonchev–Trinajstić information content (AvgIpc) is 3.28. The zero-order valence-electron chi connectivity index (χ0n) is 25.8. The van der Waals surface area contributed by atoms with Crippen LogP contribution in [0.3, 0.4) is 0 Å². The first-order valence-electron chi connectivity index (χ1n) is 14.8. The molecule has 0 fully saturated rings. The van der Waals surface area contributed by atoms with Crippen LogP contribution in [0, 0.1) is 5.82 Å². The van der Waals surface area contributed by atoms with Gasteiger partial charge >= 0.3 is 0 Å². The van der Waals surface area contributed by atoms with Crippen LogP contribution in [0.15, 0.2) is 64.6 Å². The normalized spacial score (nSPS) is 12.8. The van der Waals surface area contributed by atoms with Crippen LogP contribution in [0.4, 0.5) is 8.78 Å². The van der Waals surface area contributed by atoms with Gasteiger partial charge in [0, 0.05) is 34.8 Å². The highest BCUT2D eigenvalue weighted by Gasteiger charge is 2.19. The Morgan fingerprint density at radius 3 is 2.29 bits per heavy atom. The molecule has 0 bridgehead atoms. The van der Waals surface area contributed by atoms with E-state index in [1.807, 2.05) is 19.9 Å². The van der Waals surface area contributed by atoms with Crippen molar-refractivity contribution in [2.75, 3.05) is 6.61 Å². The number of halogens is 3. The number of aliphatic imine (C=N–C) groups is 1. The number of H-pyrrole nitrogens is 1. The summed E-state index contributed by atoms with van der Waals surface area (Å²) in [4.78, 5) is 7.60. The van der Waals surface area contributed by atoms with E-state index in [1.54, 1.807) is 26.8 Å². The number of aromatic nitrogens is 1. The fourth-order valence-corrected chi connectivity index (χ4v) is 5.02. The third kappa shape index (κ3) is 10.2. The molecule has 2 aromatic carbocycles. The maximum Gasteiger partial charge on any atom is 0.143 e. The molecule has 1 heterocycles. The fourth-order valence-electron chi connectivity index (χ4n) is 4.86. The summed E-state index contributed by atoms with van der Waals surface area (Å²) < 4.78 is 27.2. The van der Waals surface area contributed by atoms with Gasteiger partial charge in [0.2, 0.25) is 0 Å². The quantitative estimate of drug-likeness (QED) is 0.161. The number of nitrogens with zero attached hydrogens (tertiary/aromatic N) is 1. The van der Waals surface area contributed by atoms with Crippen molar-refractivity contribution in [3.63, 3.8) is 0 Å². The minimum absolute atomic E-state index is 0.177. The number of rotatable bonds is 12. The number of aliphatic hydroxyl groups is 1. The predicted octanol–water partition coefficient (Wildman–Crippen LogP) is 10.8. The van der Waals surface area contributed by atoms with Gasteiger partial charge in [-0.15, -0.1) is 0 Å². The third-order valence-corrected chi connectivity index (χ3v) is 7.44. The van der Waals surface area contributed by atoms with Crippen molar-refractivity contribution in [3.8, 4) is 0 Å². The first kappa shape index (κ1) is 34.4. The number of nitrogens with one attached hydrogen (secondary N) is 1. The zero-order chi connectivity index (χ0) is 30.5. The maximum absolute atomic E-state index is 14.0. The second-order valence-corrected chi connectivity index (χ2v) is 11.2. The molecule has 0 aliphatic carbocycles. The number of fused-ring (bicyclic) bond motifs is 1. The predicted molar refractivity (Wildman–Crippen MR) is 173 cm³/mol. The van der Waals surface area contributed by atoms with Crippen LogP contribution < -0.4 is 0 Å². The Kier molecular flexibility index (Phi) is 14.5. The van der Waals surface area contributed by atoms with Gasteiger partial charge in [0.05, 0.1) is 10.7 Å². The van der Waals surface area contributed by atoms with Crippen molar-refractivity contribution >= 4 is 28.2 Å². The second-order valence-electron chi connectivity index (χ2n) is 10.8. The number of allylic oxidation sites excluding steroid dienone is 4. The first-order chi connectivity index (χ1) is 19.5. The monoisotopic (exact) mass is 584 g/mol. The van der Waals surface area contributed by atoms with E-state index < -0.39 is 0 Å². The van der Waals surface area contributed by atoms with Crippen LogP contribution in [-0.2, 0) is 12.8 Å². The minimum atomic E-state index is -0.385. The molecular weight excluding hydrogens is 538 g/mol. The number of hydrogen-bond acceptors (Lipinski definition) is 2. The summed E-state index contributed by atoms with van der Waals surface area (Å²) in [7, 11) is 0. The van der Waals surface area contributed by atoms with Crippen molar-refractivity contribution in [1.29, 1.82) is 0 Å². The molecule has 0 saturated carbocycles. The van der Waals surface area contributed by atoms with E-state index in [1.165, 1.54) is 22.8 Å². The molecule has 0 aliphatic rings. The molecule has 1 atom stereocenters. The van der Waals surface area contributed by atoms with Gasteiger partial charge in [-0.2, -0.15) is 0 Å². The van der Waals surface area contributed by atoms with Crippen LogP contribution in [0.25, 0.3) is 10.9 Å². The molecule has 0 aliphatic heterocycles. The summed E-state index contributed by atoms with van der Waals surface area (Å²) in [6.45, 7) is 13.7. The van der Waals surface area contributed by atoms with E-state index >= 15 is 0 Å². The number of benzene rings is 2. The lowest BCUT2D eigenvalue weighted by Crippen LogP contribution is -2.01. The lowest BCUT2D eigenvalue weighted by molar-refractivity contribution is 0.284. The SMILES string of the molecule is CC/C=C(\C)N=C(C)C(F)=C(C)C.CCCCc1c(C(C)c2ccc(CCCCO)cc2)[nH]c2cc(F)c(Cl)cc12. The molecule has 0 spiro atoms. The zero-order valence-corrected chi connectivity index (χ0v) is 26.6. The Balaban J connectivity index is 0.000000383. The second kappa shape index (κ2) is 17.3. The van der Waals surface area contributed by atoms with Crippen molar-refractivity contribution in [3.05, 3.63) is 92.8 Å². The topological polar surface area (TPSA) is 48.4 Å². The Morgan fingerprint density at radius 2 is 1.71 bits per heavy atom. The molecule has 0 saturated heterocycles. The highest BCUT2D eigenvalue weighted by Crippen LogP contribution is 2.35. The maximum atomic E-state index is 14.0. The smallest absolute Gasteiger partial charge is 0.143 e. The van der Waals surface area contributed by atoms with Crippen molar-refractivity contribution < 1.29 is 13.9 Å². The molecule has 0 amide bonds. The molecule has 6 heteroatoms. The van der Waals surface area contributed by atoms with Crippen LogP contribution in [-0.4, -0.2) is 22.4 Å². The summed E-state index contributed by atoms with van der Waals surface area (Å²) in [6, 6.07) is 12.0. The minimum Gasteiger partial charge on any atom is -0.396 e.